The van der Waals surface area contributed by atoms with Crippen LogP contribution in [-0.2, 0) is 14.1 Å². The van der Waals surface area contributed by atoms with E-state index in [0.29, 0.717) is 10.8 Å². The molecule has 1 N–H and O–H groups in total. The van der Waals surface area contributed by atoms with Gasteiger partial charge in [-0.3, -0.25) is 0 Å². The molecule has 20 heavy (non-hydrogen) atoms. The average Bonchev–Trinajstić information content (AvgIpc) is 2.30. The number of carbonyl (C=O) groups excluding carboxylic acids is 1. The van der Waals surface area contributed by atoms with Crippen LogP contribution in [0.15, 0.2) is 24.3 Å². The summed E-state index contributed by atoms with van der Waals surface area (Å²) in [6, 6.07) is 6.27. The Hall–Kier alpha value is 0.566. The molecule has 0 heterocycles. The molecule has 106 valence electrons. The van der Waals surface area contributed by atoms with Crippen LogP contribution in [0.25, 0.3) is 0 Å². The molecule has 0 aromatic heterocycles. The summed E-state index contributed by atoms with van der Waals surface area (Å²) in [6.07, 6.45) is -1.02. The first-order valence-electron chi connectivity index (χ1n) is 5.36. The van der Waals surface area contributed by atoms with Crippen LogP contribution in [0.4, 0.5) is 0 Å². The molecule has 0 aliphatic heterocycles. The first kappa shape index (κ1) is 20.6. The van der Waals surface area contributed by atoms with Crippen LogP contribution in [0.3, 0.4) is 0 Å². The molecule has 0 bridgehead atoms. The first-order valence-corrected chi connectivity index (χ1v) is 7.39. The molecule has 0 aliphatic carbocycles. The van der Waals surface area contributed by atoms with Gasteiger partial charge in [0.2, 0.25) is 0 Å². The summed E-state index contributed by atoms with van der Waals surface area (Å²) in [4.78, 5) is 31.0. The third-order valence-corrected chi connectivity index (χ3v) is 3.48. The van der Waals surface area contributed by atoms with Crippen LogP contribution in [0, 0.1) is 0 Å². The maximum atomic E-state index is 11.5. The van der Waals surface area contributed by atoms with Crippen molar-refractivity contribution in [2.45, 2.75) is 25.8 Å². The molecule has 0 aliphatic rings. The van der Waals surface area contributed by atoms with Crippen LogP contribution < -0.4 is 61.0 Å². The molecule has 0 amide bonds. The van der Waals surface area contributed by atoms with Crippen LogP contribution in [0.1, 0.15) is 13.8 Å². The van der Waals surface area contributed by atoms with Crippen LogP contribution in [0.2, 0.25) is 5.02 Å². The van der Waals surface area contributed by atoms with Gasteiger partial charge in [-0.2, -0.15) is 0 Å². The fraction of sp³-hybridized carbons (Fsp3) is 0.364. The molecule has 0 radical (unpaired) electrons. The fourth-order valence-electron chi connectivity index (χ4n) is 1.10. The minimum atomic E-state index is -4.71. The number of esters is 1. The summed E-state index contributed by atoms with van der Waals surface area (Å²) < 4.78 is 20.5. The SMILES string of the molecule is CC(Oc1ccc(Cl)cc1)C(=O)OC(C)P(=O)([O-])O.[K+]. The van der Waals surface area contributed by atoms with E-state index in [1.807, 2.05) is 0 Å². The van der Waals surface area contributed by atoms with E-state index < -0.39 is 25.5 Å². The summed E-state index contributed by atoms with van der Waals surface area (Å²) >= 11 is 5.69. The third kappa shape index (κ3) is 7.02. The van der Waals surface area contributed by atoms with Crippen LogP contribution in [0.5, 0.6) is 5.75 Å². The van der Waals surface area contributed by atoms with Crippen molar-refractivity contribution in [2.75, 3.05) is 0 Å². The molecule has 1 rings (SSSR count). The van der Waals surface area contributed by atoms with E-state index in [4.69, 9.17) is 21.2 Å². The Labute approximate surface area is 164 Å². The van der Waals surface area contributed by atoms with Gasteiger partial charge in [-0.25, -0.2) is 4.79 Å². The first-order chi connectivity index (χ1) is 8.70. The summed E-state index contributed by atoms with van der Waals surface area (Å²) in [6.45, 7) is 2.46. The molecule has 3 atom stereocenters. The monoisotopic (exact) mass is 346 g/mol. The van der Waals surface area contributed by atoms with Crippen LogP contribution >= 0.6 is 19.2 Å². The molecule has 0 fully saturated rings. The normalized spacial score (nSPS) is 16.2. The summed E-state index contributed by atoms with van der Waals surface area (Å²) in [7, 11) is -4.71. The zero-order chi connectivity index (χ0) is 14.6. The van der Waals surface area contributed by atoms with E-state index in [9.17, 15) is 14.3 Å². The van der Waals surface area contributed by atoms with E-state index in [0.717, 1.165) is 6.92 Å². The number of hydrogen-bond acceptors (Lipinski definition) is 5. The summed E-state index contributed by atoms with van der Waals surface area (Å²) in [5.74, 6) is -2.13. The Morgan fingerprint density at radius 2 is 1.85 bits per heavy atom. The van der Waals surface area contributed by atoms with Gasteiger partial charge >= 0.3 is 57.4 Å². The van der Waals surface area contributed by atoms with Gasteiger partial charge in [0.15, 0.2) is 19.5 Å². The second-order valence-electron chi connectivity index (χ2n) is 3.81. The van der Waals surface area contributed by atoms with Gasteiger partial charge in [0.05, 0.1) is 0 Å². The standard InChI is InChI=1S/C11H14ClO6P.K/c1-7(11(13)18-8(2)19(14,15)16)17-10-5-3-9(12)4-6-10;/h3-8H,1-2H3,(H2,14,15,16);/q;+1/p-1. The van der Waals surface area contributed by atoms with E-state index in [2.05, 4.69) is 4.74 Å². The van der Waals surface area contributed by atoms with Gasteiger partial charge < -0.3 is 23.8 Å². The van der Waals surface area contributed by atoms with Crippen molar-refractivity contribution >= 4 is 25.2 Å². The molecule has 0 spiro atoms. The Balaban J connectivity index is 0.00000361. The van der Waals surface area contributed by atoms with Crippen molar-refractivity contribution in [2.24, 2.45) is 0 Å². The van der Waals surface area contributed by atoms with Crippen molar-refractivity contribution in [1.82, 2.24) is 0 Å². The van der Waals surface area contributed by atoms with Gasteiger partial charge in [0.25, 0.3) is 0 Å². The Morgan fingerprint density at radius 1 is 1.35 bits per heavy atom. The molecule has 6 nitrogen and oxygen atoms in total. The molecular weight excluding hydrogens is 334 g/mol. The van der Waals surface area contributed by atoms with Crippen molar-refractivity contribution < 1.29 is 80.0 Å². The average molecular weight is 347 g/mol. The van der Waals surface area contributed by atoms with Crippen molar-refractivity contribution in [3.8, 4) is 5.75 Å². The molecule has 0 saturated heterocycles. The second-order valence-corrected chi connectivity index (χ2v) is 6.11. The topological polar surface area (TPSA) is 95.9 Å². The van der Waals surface area contributed by atoms with Gasteiger partial charge in [0.1, 0.15) is 5.75 Å². The quantitative estimate of drug-likeness (QED) is 0.398. The van der Waals surface area contributed by atoms with Gasteiger partial charge in [-0.05, 0) is 38.1 Å². The number of benzene rings is 1. The maximum absolute atomic E-state index is 11.5. The van der Waals surface area contributed by atoms with Gasteiger partial charge in [0, 0.05) is 5.02 Å². The predicted octanol–water partition coefficient (Wildman–Crippen LogP) is -1.45. The summed E-state index contributed by atoms with van der Waals surface area (Å²) in [5, 5.41) is 0.517. The van der Waals surface area contributed by atoms with E-state index in [-0.39, 0.29) is 51.4 Å². The summed E-state index contributed by atoms with van der Waals surface area (Å²) in [5.41, 5.74) is 0. The van der Waals surface area contributed by atoms with Crippen molar-refractivity contribution in [3.63, 3.8) is 0 Å². The van der Waals surface area contributed by atoms with Gasteiger partial charge in [-0.15, -0.1) is 0 Å². The van der Waals surface area contributed by atoms with Crippen molar-refractivity contribution in [3.05, 3.63) is 29.3 Å². The Kier molecular flexibility index (Phi) is 9.13. The third-order valence-electron chi connectivity index (χ3n) is 2.20. The molecule has 3 unspecified atom stereocenters. The minimum absolute atomic E-state index is 0. The minimum Gasteiger partial charge on any atom is -0.776 e. The van der Waals surface area contributed by atoms with E-state index in [1.165, 1.54) is 6.92 Å². The molecule has 1 aromatic rings. The van der Waals surface area contributed by atoms with Crippen LogP contribution in [-0.4, -0.2) is 22.8 Å². The largest absolute Gasteiger partial charge is 1.00 e. The molecule has 0 saturated carbocycles. The maximum Gasteiger partial charge on any atom is 1.00 e. The van der Waals surface area contributed by atoms with E-state index >= 15 is 0 Å². The number of halogens is 1. The number of carbonyl (C=O) groups is 1. The van der Waals surface area contributed by atoms with Gasteiger partial charge in [-0.1, -0.05) is 11.6 Å². The molecular formula is C11H13ClKO6P. The van der Waals surface area contributed by atoms with E-state index in [1.54, 1.807) is 24.3 Å². The number of ether oxygens (including phenoxy) is 2. The van der Waals surface area contributed by atoms with Crippen molar-refractivity contribution in [1.29, 1.82) is 0 Å². The zero-order valence-corrected chi connectivity index (χ0v) is 16.1. The number of hydrogen-bond donors (Lipinski definition) is 1. The Morgan fingerprint density at radius 3 is 2.30 bits per heavy atom. The fourth-order valence-corrected chi connectivity index (χ4v) is 1.46. The number of rotatable bonds is 5. The zero-order valence-electron chi connectivity index (χ0n) is 11.3. The Bertz CT molecular complexity index is 488. The molecule has 1 aromatic carbocycles. The second kappa shape index (κ2) is 8.88. The predicted molar refractivity (Wildman–Crippen MR) is 66.9 cm³/mol. The molecule has 9 heteroatoms. The smallest absolute Gasteiger partial charge is 0.776 e.